The third kappa shape index (κ3) is 14.1. The van der Waals surface area contributed by atoms with Gasteiger partial charge >= 0.3 is 0 Å². The molecule has 0 fully saturated rings. The lowest BCUT2D eigenvalue weighted by atomic mass is 10.2. The Balaban J connectivity index is 1.96. The zero-order valence-electron chi connectivity index (χ0n) is 17.5. The molecule has 0 aliphatic rings. The molecular weight excluding hydrogens is 360 g/mol. The summed E-state index contributed by atoms with van der Waals surface area (Å²) in [6, 6.07) is 0. The van der Waals surface area contributed by atoms with Crippen LogP contribution in [-0.2, 0) is 20.6 Å². The minimum Gasteiger partial charge on any atom is -0.492 e. The lowest BCUT2D eigenvalue weighted by Gasteiger charge is -2.08. The van der Waals surface area contributed by atoms with Gasteiger partial charge in [0.05, 0.1) is 19.8 Å². The Morgan fingerprint density at radius 1 is 0.630 bits per heavy atom. The summed E-state index contributed by atoms with van der Waals surface area (Å²) in [6.07, 6.45) is 10.1. The van der Waals surface area contributed by atoms with Crippen LogP contribution >= 0.6 is 11.3 Å². The van der Waals surface area contributed by atoms with Gasteiger partial charge in [-0.3, -0.25) is 0 Å². The van der Waals surface area contributed by atoms with E-state index < -0.39 is 0 Å². The first-order valence-electron chi connectivity index (χ1n) is 10.8. The first kappa shape index (κ1) is 24.4. The molecule has 1 heterocycles. The molecule has 158 valence electrons. The zero-order chi connectivity index (χ0) is 19.4. The Kier molecular flexibility index (Phi) is 16.9. The van der Waals surface area contributed by atoms with E-state index in [0.717, 1.165) is 70.9 Å². The Bertz CT molecular complexity index is 386. The molecule has 0 aliphatic carbocycles. The van der Waals surface area contributed by atoms with Crippen molar-refractivity contribution in [3.63, 3.8) is 0 Å². The van der Waals surface area contributed by atoms with Gasteiger partial charge in [-0.1, -0.05) is 26.7 Å². The summed E-state index contributed by atoms with van der Waals surface area (Å²) in [5, 5.41) is 4.32. The molecule has 1 aromatic heterocycles. The molecule has 27 heavy (non-hydrogen) atoms. The monoisotopic (exact) mass is 400 g/mol. The van der Waals surface area contributed by atoms with Crippen molar-refractivity contribution in [3.8, 4) is 5.75 Å². The Labute approximate surface area is 170 Å². The summed E-state index contributed by atoms with van der Waals surface area (Å²) in [5.74, 6) is 1.06. The topological polar surface area (TPSA) is 36.9 Å². The third-order valence-electron chi connectivity index (χ3n) is 4.28. The number of hydrogen-bond acceptors (Lipinski definition) is 5. The van der Waals surface area contributed by atoms with Gasteiger partial charge in [-0.25, -0.2) is 0 Å². The summed E-state index contributed by atoms with van der Waals surface area (Å²) >= 11 is 1.72. The van der Waals surface area contributed by atoms with E-state index in [9.17, 15) is 0 Å². The van der Waals surface area contributed by atoms with Crippen LogP contribution in [0.3, 0.4) is 0 Å². The Morgan fingerprint density at radius 2 is 1.22 bits per heavy atom. The molecule has 0 saturated carbocycles. The average molecular weight is 401 g/mol. The highest BCUT2D eigenvalue weighted by Gasteiger charge is 2.05. The molecule has 0 saturated heterocycles. The molecular formula is C22H40O4S. The standard InChI is InChI=1S/C22H40O4S/c1-3-5-12-23-14-8-7-9-16-26-22-20-27-19-21(22)11-10-15-25-18-17-24-13-6-4-2/h19-20H,3-18H2,1-2H3. The van der Waals surface area contributed by atoms with E-state index in [1.807, 2.05) is 0 Å². The predicted octanol–water partition coefficient (Wildman–Crippen LogP) is 5.88. The number of thiophene rings is 1. The molecule has 0 spiro atoms. The predicted molar refractivity (Wildman–Crippen MR) is 114 cm³/mol. The highest BCUT2D eigenvalue weighted by atomic mass is 32.1. The lowest BCUT2D eigenvalue weighted by molar-refractivity contribution is 0.0459. The molecule has 0 radical (unpaired) electrons. The number of aryl methyl sites for hydroxylation is 1. The fraction of sp³-hybridized carbons (Fsp3) is 0.818. The first-order chi connectivity index (χ1) is 13.4. The SMILES string of the molecule is CCCCOCCCCCOc1cscc1CCCOCCOCCCC. The number of ether oxygens (including phenoxy) is 4. The second-order valence-corrected chi connectivity index (χ2v) is 7.56. The van der Waals surface area contributed by atoms with Crippen LogP contribution in [-0.4, -0.2) is 46.2 Å². The molecule has 0 atom stereocenters. The van der Waals surface area contributed by atoms with Gasteiger partial charge in [-0.05, 0) is 50.3 Å². The first-order valence-corrected chi connectivity index (χ1v) is 11.7. The zero-order valence-corrected chi connectivity index (χ0v) is 18.3. The van der Waals surface area contributed by atoms with E-state index in [2.05, 4.69) is 24.6 Å². The smallest absolute Gasteiger partial charge is 0.133 e. The van der Waals surface area contributed by atoms with Gasteiger partial charge in [-0.2, -0.15) is 0 Å². The summed E-state index contributed by atoms with van der Waals surface area (Å²) in [6.45, 7) is 9.98. The van der Waals surface area contributed by atoms with Gasteiger partial charge in [0.2, 0.25) is 0 Å². The Hall–Kier alpha value is -0.620. The molecule has 4 nitrogen and oxygen atoms in total. The van der Waals surface area contributed by atoms with Crippen molar-refractivity contribution in [1.29, 1.82) is 0 Å². The van der Waals surface area contributed by atoms with Gasteiger partial charge < -0.3 is 18.9 Å². The third-order valence-corrected chi connectivity index (χ3v) is 5.05. The Morgan fingerprint density at radius 3 is 1.93 bits per heavy atom. The quantitative estimate of drug-likeness (QED) is 0.256. The van der Waals surface area contributed by atoms with Crippen LogP contribution in [0.2, 0.25) is 0 Å². The maximum Gasteiger partial charge on any atom is 0.133 e. The maximum absolute atomic E-state index is 5.96. The minimum absolute atomic E-state index is 0.693. The van der Waals surface area contributed by atoms with Crippen molar-refractivity contribution >= 4 is 11.3 Å². The number of rotatable bonds is 20. The number of unbranched alkanes of at least 4 members (excludes halogenated alkanes) is 4. The van der Waals surface area contributed by atoms with E-state index in [1.165, 1.54) is 31.2 Å². The second-order valence-electron chi connectivity index (χ2n) is 6.82. The van der Waals surface area contributed by atoms with E-state index in [4.69, 9.17) is 18.9 Å². The van der Waals surface area contributed by atoms with Crippen molar-refractivity contribution in [1.82, 2.24) is 0 Å². The fourth-order valence-corrected chi connectivity index (χ4v) is 3.38. The molecule has 0 unspecified atom stereocenters. The summed E-state index contributed by atoms with van der Waals surface area (Å²) in [7, 11) is 0. The summed E-state index contributed by atoms with van der Waals surface area (Å²) in [4.78, 5) is 0. The molecule has 1 aromatic rings. The van der Waals surface area contributed by atoms with Crippen LogP contribution in [0.1, 0.15) is 70.8 Å². The van der Waals surface area contributed by atoms with Gasteiger partial charge in [-0.15, -0.1) is 11.3 Å². The van der Waals surface area contributed by atoms with Crippen LogP contribution < -0.4 is 4.74 Å². The second kappa shape index (κ2) is 18.7. The fourth-order valence-electron chi connectivity index (χ4n) is 2.57. The van der Waals surface area contributed by atoms with E-state index in [0.29, 0.717) is 13.2 Å². The average Bonchev–Trinajstić information content (AvgIpc) is 3.12. The highest BCUT2D eigenvalue weighted by Crippen LogP contribution is 2.25. The normalized spacial score (nSPS) is 11.2. The molecule has 0 N–H and O–H groups in total. The van der Waals surface area contributed by atoms with Crippen LogP contribution in [0.4, 0.5) is 0 Å². The van der Waals surface area contributed by atoms with Crippen molar-refractivity contribution in [3.05, 3.63) is 16.3 Å². The summed E-state index contributed by atoms with van der Waals surface area (Å²) in [5.41, 5.74) is 1.31. The molecule has 0 aliphatic heterocycles. The van der Waals surface area contributed by atoms with Crippen molar-refractivity contribution in [2.24, 2.45) is 0 Å². The lowest BCUT2D eigenvalue weighted by Crippen LogP contribution is -2.06. The minimum atomic E-state index is 0.693. The van der Waals surface area contributed by atoms with E-state index in [1.54, 1.807) is 11.3 Å². The van der Waals surface area contributed by atoms with Crippen LogP contribution in [0.25, 0.3) is 0 Å². The molecule has 0 amide bonds. The summed E-state index contributed by atoms with van der Waals surface area (Å²) < 4.78 is 22.7. The number of hydrogen-bond donors (Lipinski definition) is 0. The van der Waals surface area contributed by atoms with Gasteiger partial charge in [0, 0.05) is 37.4 Å². The highest BCUT2D eigenvalue weighted by molar-refractivity contribution is 7.08. The van der Waals surface area contributed by atoms with Crippen molar-refractivity contribution in [2.75, 3.05) is 46.2 Å². The van der Waals surface area contributed by atoms with Crippen molar-refractivity contribution in [2.45, 2.75) is 71.6 Å². The van der Waals surface area contributed by atoms with E-state index >= 15 is 0 Å². The molecule has 5 heteroatoms. The van der Waals surface area contributed by atoms with Crippen LogP contribution in [0, 0.1) is 0 Å². The molecule has 0 aromatic carbocycles. The van der Waals surface area contributed by atoms with E-state index in [-0.39, 0.29) is 0 Å². The van der Waals surface area contributed by atoms with Gasteiger partial charge in [0.25, 0.3) is 0 Å². The van der Waals surface area contributed by atoms with Crippen LogP contribution in [0.5, 0.6) is 5.75 Å². The molecule has 1 rings (SSSR count). The molecule has 0 bridgehead atoms. The largest absolute Gasteiger partial charge is 0.492 e. The van der Waals surface area contributed by atoms with Crippen molar-refractivity contribution < 1.29 is 18.9 Å². The van der Waals surface area contributed by atoms with Crippen LogP contribution in [0.15, 0.2) is 10.8 Å². The van der Waals surface area contributed by atoms with Gasteiger partial charge in [0.15, 0.2) is 0 Å². The van der Waals surface area contributed by atoms with Gasteiger partial charge in [0.1, 0.15) is 5.75 Å². The maximum atomic E-state index is 5.96.